The minimum absolute atomic E-state index is 0.0217. The summed E-state index contributed by atoms with van der Waals surface area (Å²) < 4.78 is 0. The van der Waals surface area contributed by atoms with Gasteiger partial charge in [0.05, 0.1) is 0 Å². The molecule has 0 aliphatic carbocycles. The molecule has 2 atom stereocenters. The highest BCUT2D eigenvalue weighted by atomic mass is 16.2. The van der Waals surface area contributed by atoms with E-state index < -0.39 is 0 Å². The zero-order valence-electron chi connectivity index (χ0n) is 13.0. The Morgan fingerprint density at radius 2 is 2.00 bits per heavy atom. The van der Waals surface area contributed by atoms with Crippen molar-refractivity contribution in [1.82, 2.24) is 15.1 Å². The van der Waals surface area contributed by atoms with Gasteiger partial charge in [-0.3, -0.25) is 4.79 Å². The Labute approximate surface area is 131 Å². The third kappa shape index (κ3) is 3.24. The van der Waals surface area contributed by atoms with Crippen molar-refractivity contribution in [2.24, 2.45) is 5.92 Å². The van der Waals surface area contributed by atoms with Crippen LogP contribution in [0.4, 0.5) is 4.79 Å². The molecule has 22 heavy (non-hydrogen) atoms. The Kier molecular flexibility index (Phi) is 4.32. The molecule has 2 unspecified atom stereocenters. The molecule has 2 aliphatic heterocycles. The fourth-order valence-electron chi connectivity index (χ4n) is 3.33. The first-order valence-corrected chi connectivity index (χ1v) is 7.98. The van der Waals surface area contributed by atoms with Crippen molar-refractivity contribution >= 4 is 11.9 Å². The molecule has 2 fully saturated rings. The van der Waals surface area contributed by atoms with E-state index in [1.54, 1.807) is 11.9 Å². The fourth-order valence-corrected chi connectivity index (χ4v) is 3.33. The van der Waals surface area contributed by atoms with Crippen LogP contribution < -0.4 is 5.32 Å². The van der Waals surface area contributed by atoms with Crippen LogP contribution in [0.15, 0.2) is 30.3 Å². The molecule has 2 saturated heterocycles. The van der Waals surface area contributed by atoms with E-state index in [0.717, 1.165) is 32.5 Å². The lowest BCUT2D eigenvalue weighted by Gasteiger charge is -2.20. The Hall–Kier alpha value is -2.04. The van der Waals surface area contributed by atoms with E-state index in [1.165, 1.54) is 5.56 Å². The van der Waals surface area contributed by atoms with Crippen LogP contribution in [-0.2, 0) is 11.2 Å². The Morgan fingerprint density at radius 3 is 2.68 bits per heavy atom. The predicted molar refractivity (Wildman–Crippen MR) is 84.4 cm³/mol. The number of hydrogen-bond acceptors (Lipinski definition) is 2. The maximum atomic E-state index is 12.3. The molecule has 5 nitrogen and oxygen atoms in total. The van der Waals surface area contributed by atoms with E-state index in [2.05, 4.69) is 29.6 Å². The van der Waals surface area contributed by atoms with Gasteiger partial charge < -0.3 is 15.1 Å². The number of nitrogens with one attached hydrogen (secondary N) is 1. The van der Waals surface area contributed by atoms with Crippen LogP contribution in [0.25, 0.3) is 0 Å². The first-order valence-electron chi connectivity index (χ1n) is 7.98. The molecule has 1 aromatic carbocycles. The van der Waals surface area contributed by atoms with Crippen molar-refractivity contribution in [1.29, 1.82) is 0 Å². The highest BCUT2D eigenvalue weighted by Crippen LogP contribution is 2.21. The summed E-state index contributed by atoms with van der Waals surface area (Å²) in [7, 11) is 1.78. The van der Waals surface area contributed by atoms with Gasteiger partial charge in [-0.2, -0.15) is 0 Å². The second-order valence-corrected chi connectivity index (χ2v) is 6.34. The van der Waals surface area contributed by atoms with Gasteiger partial charge in [-0.1, -0.05) is 30.3 Å². The maximum absolute atomic E-state index is 12.3. The third-order valence-electron chi connectivity index (χ3n) is 4.67. The highest BCUT2D eigenvalue weighted by molar-refractivity contribution is 5.88. The SMILES string of the molecule is CN1CCC(NC(=O)N2CCC(Cc3ccccc3)C2)C1=O. The molecule has 0 aromatic heterocycles. The topological polar surface area (TPSA) is 52.7 Å². The Bertz CT molecular complexity index is 546. The van der Waals surface area contributed by atoms with Crippen LogP contribution in [0.3, 0.4) is 0 Å². The molecule has 3 rings (SSSR count). The molecule has 3 amide bonds. The number of urea groups is 1. The molecule has 1 N–H and O–H groups in total. The van der Waals surface area contributed by atoms with Crippen LogP contribution in [0.5, 0.6) is 0 Å². The van der Waals surface area contributed by atoms with Crippen molar-refractivity contribution < 1.29 is 9.59 Å². The molecule has 0 spiro atoms. The van der Waals surface area contributed by atoms with Crippen LogP contribution in [0, 0.1) is 5.92 Å². The maximum Gasteiger partial charge on any atom is 0.318 e. The van der Waals surface area contributed by atoms with Gasteiger partial charge in [-0.15, -0.1) is 0 Å². The fraction of sp³-hybridized carbons (Fsp3) is 0.529. The lowest BCUT2D eigenvalue weighted by atomic mass is 9.99. The van der Waals surface area contributed by atoms with Crippen molar-refractivity contribution in [2.75, 3.05) is 26.7 Å². The van der Waals surface area contributed by atoms with E-state index in [1.807, 2.05) is 11.0 Å². The molecule has 2 aliphatic rings. The summed E-state index contributed by atoms with van der Waals surface area (Å²) in [6, 6.07) is 9.96. The first kappa shape index (κ1) is 14.9. The van der Waals surface area contributed by atoms with Gasteiger partial charge in [0.15, 0.2) is 0 Å². The van der Waals surface area contributed by atoms with Gasteiger partial charge in [-0.05, 0) is 30.7 Å². The first-order chi connectivity index (χ1) is 10.6. The Morgan fingerprint density at radius 1 is 1.23 bits per heavy atom. The molecule has 0 bridgehead atoms. The lowest BCUT2D eigenvalue weighted by molar-refractivity contribution is -0.128. The van der Waals surface area contributed by atoms with Crippen LogP contribution in [0.2, 0.25) is 0 Å². The summed E-state index contributed by atoms with van der Waals surface area (Å²) in [4.78, 5) is 27.7. The largest absolute Gasteiger partial charge is 0.344 e. The van der Waals surface area contributed by atoms with Gasteiger partial charge in [0.2, 0.25) is 5.91 Å². The Balaban J connectivity index is 1.50. The van der Waals surface area contributed by atoms with Gasteiger partial charge in [0, 0.05) is 26.7 Å². The zero-order chi connectivity index (χ0) is 15.5. The number of benzene rings is 1. The standard InChI is InChI=1S/C17H23N3O2/c1-19-9-8-15(16(19)21)18-17(22)20-10-7-14(12-20)11-13-5-3-2-4-6-13/h2-6,14-15H,7-12H2,1H3,(H,18,22). The average molecular weight is 301 g/mol. The average Bonchev–Trinajstić information content (AvgIpc) is 3.10. The molecular formula is C17H23N3O2. The summed E-state index contributed by atoms with van der Waals surface area (Å²) in [5.41, 5.74) is 1.32. The zero-order valence-corrected chi connectivity index (χ0v) is 13.0. The van der Waals surface area contributed by atoms with Crippen LogP contribution >= 0.6 is 0 Å². The number of hydrogen-bond donors (Lipinski definition) is 1. The summed E-state index contributed by atoms with van der Waals surface area (Å²) >= 11 is 0. The van der Waals surface area contributed by atoms with E-state index in [9.17, 15) is 9.59 Å². The minimum atomic E-state index is -0.342. The van der Waals surface area contributed by atoms with Crippen molar-refractivity contribution in [2.45, 2.75) is 25.3 Å². The highest BCUT2D eigenvalue weighted by Gasteiger charge is 2.33. The van der Waals surface area contributed by atoms with Crippen molar-refractivity contribution in [3.63, 3.8) is 0 Å². The molecule has 0 radical (unpaired) electrons. The quantitative estimate of drug-likeness (QED) is 0.919. The minimum Gasteiger partial charge on any atom is -0.344 e. The summed E-state index contributed by atoms with van der Waals surface area (Å²) in [5.74, 6) is 0.531. The number of rotatable bonds is 3. The molecule has 2 heterocycles. The number of amides is 3. The summed E-state index contributed by atoms with van der Waals surface area (Å²) in [6.07, 6.45) is 2.75. The molecular weight excluding hydrogens is 278 g/mol. The van der Waals surface area contributed by atoms with Crippen molar-refractivity contribution in [3.05, 3.63) is 35.9 Å². The van der Waals surface area contributed by atoms with Crippen molar-refractivity contribution in [3.8, 4) is 0 Å². The van der Waals surface area contributed by atoms with Gasteiger partial charge in [0.1, 0.15) is 6.04 Å². The number of carbonyl (C=O) groups is 2. The number of carbonyl (C=O) groups excluding carboxylic acids is 2. The van der Waals surface area contributed by atoms with E-state index >= 15 is 0 Å². The van der Waals surface area contributed by atoms with E-state index in [-0.39, 0.29) is 18.0 Å². The summed E-state index contributed by atoms with van der Waals surface area (Å²) in [5, 5.41) is 2.88. The second-order valence-electron chi connectivity index (χ2n) is 6.34. The predicted octanol–water partition coefficient (Wildman–Crippen LogP) is 1.49. The smallest absolute Gasteiger partial charge is 0.318 e. The number of likely N-dealkylation sites (tertiary alicyclic amines) is 2. The third-order valence-corrected chi connectivity index (χ3v) is 4.67. The monoisotopic (exact) mass is 301 g/mol. The molecule has 5 heteroatoms. The summed E-state index contributed by atoms with van der Waals surface area (Å²) in [6.45, 7) is 2.28. The van der Waals surface area contributed by atoms with E-state index in [0.29, 0.717) is 12.3 Å². The lowest BCUT2D eigenvalue weighted by Crippen LogP contribution is -2.46. The van der Waals surface area contributed by atoms with Gasteiger partial charge >= 0.3 is 6.03 Å². The molecule has 1 aromatic rings. The van der Waals surface area contributed by atoms with Gasteiger partial charge in [0.25, 0.3) is 0 Å². The van der Waals surface area contributed by atoms with Crippen LogP contribution in [-0.4, -0.2) is 54.5 Å². The molecule has 118 valence electrons. The number of likely N-dealkylation sites (N-methyl/N-ethyl adjacent to an activating group) is 1. The normalized spacial score (nSPS) is 24.9. The van der Waals surface area contributed by atoms with Gasteiger partial charge in [-0.25, -0.2) is 4.79 Å². The van der Waals surface area contributed by atoms with Crippen LogP contribution in [0.1, 0.15) is 18.4 Å². The number of nitrogens with zero attached hydrogens (tertiary/aromatic N) is 2. The van der Waals surface area contributed by atoms with E-state index in [4.69, 9.17) is 0 Å². The second kappa shape index (κ2) is 6.38. The molecule has 0 saturated carbocycles.